The number of carbonyl (C=O) groups excluding carboxylic acids is 1. The summed E-state index contributed by atoms with van der Waals surface area (Å²) in [4.78, 5) is 24.3. The van der Waals surface area contributed by atoms with Crippen molar-refractivity contribution in [2.24, 2.45) is 5.92 Å². The average Bonchev–Trinajstić information content (AvgIpc) is 2.84. The van der Waals surface area contributed by atoms with E-state index < -0.39 is 11.6 Å². The Bertz CT molecular complexity index is 1160. The molecule has 1 aliphatic heterocycles. The predicted octanol–water partition coefficient (Wildman–Crippen LogP) is 4.52. The van der Waals surface area contributed by atoms with Gasteiger partial charge in [0.15, 0.2) is 0 Å². The molecular formula is C26H31F2N5O2. The topological polar surface area (TPSA) is 79.4 Å². The minimum atomic E-state index is -0.643. The summed E-state index contributed by atoms with van der Waals surface area (Å²) in [7, 11) is 0. The van der Waals surface area contributed by atoms with E-state index in [4.69, 9.17) is 9.72 Å². The summed E-state index contributed by atoms with van der Waals surface area (Å²) in [5.74, 6) is -0.195. The quantitative estimate of drug-likeness (QED) is 0.436. The predicted molar refractivity (Wildman–Crippen MR) is 133 cm³/mol. The van der Waals surface area contributed by atoms with Crippen molar-refractivity contribution in [3.8, 4) is 0 Å². The number of carbonyl (C=O) groups is 1. The zero-order chi connectivity index (χ0) is 24.8. The molecule has 4 rings (SSSR count). The molecule has 0 aliphatic carbocycles. The van der Waals surface area contributed by atoms with E-state index in [1.54, 1.807) is 18.3 Å². The number of nitrogens with one attached hydrogen (secondary N) is 2. The molecule has 1 amide bonds. The minimum absolute atomic E-state index is 0.159. The molecule has 9 heteroatoms. The SMILES string of the molecule is CC(C)CCCNC(=O)c1cc(NCc2cc(F)cc(F)c2)c2nc(N3CCOCC3)cnc2c1. The lowest BCUT2D eigenvalue weighted by molar-refractivity contribution is 0.0952. The van der Waals surface area contributed by atoms with E-state index in [0.29, 0.717) is 72.4 Å². The zero-order valence-electron chi connectivity index (χ0n) is 20.1. The molecular weight excluding hydrogens is 452 g/mol. The highest BCUT2D eigenvalue weighted by atomic mass is 19.1. The van der Waals surface area contributed by atoms with Gasteiger partial charge in [-0.25, -0.2) is 13.8 Å². The van der Waals surface area contributed by atoms with E-state index in [9.17, 15) is 13.6 Å². The molecule has 1 aromatic heterocycles. The number of anilines is 2. The first-order valence-corrected chi connectivity index (χ1v) is 12.0. The van der Waals surface area contributed by atoms with Crippen molar-refractivity contribution in [3.63, 3.8) is 0 Å². The number of rotatable bonds is 9. The van der Waals surface area contributed by atoms with Crippen LogP contribution < -0.4 is 15.5 Å². The number of morpholine rings is 1. The number of halogens is 2. The fourth-order valence-corrected chi connectivity index (χ4v) is 4.04. The third-order valence-electron chi connectivity index (χ3n) is 5.88. The van der Waals surface area contributed by atoms with Crippen molar-refractivity contribution >= 4 is 28.4 Å². The van der Waals surface area contributed by atoms with Gasteiger partial charge in [-0.05, 0) is 48.6 Å². The third-order valence-corrected chi connectivity index (χ3v) is 5.88. The molecule has 35 heavy (non-hydrogen) atoms. The van der Waals surface area contributed by atoms with Gasteiger partial charge in [-0.1, -0.05) is 13.8 Å². The maximum absolute atomic E-state index is 13.7. The Hall–Kier alpha value is -3.33. The molecule has 2 heterocycles. The summed E-state index contributed by atoms with van der Waals surface area (Å²) in [5.41, 5.74) is 2.61. The van der Waals surface area contributed by atoms with Gasteiger partial charge < -0.3 is 20.3 Å². The molecule has 0 spiro atoms. The van der Waals surface area contributed by atoms with Gasteiger partial charge in [-0.15, -0.1) is 0 Å². The molecule has 3 aromatic rings. The first-order valence-electron chi connectivity index (χ1n) is 12.0. The van der Waals surface area contributed by atoms with Gasteiger partial charge in [-0.3, -0.25) is 9.78 Å². The van der Waals surface area contributed by atoms with Crippen molar-refractivity contribution in [2.45, 2.75) is 33.2 Å². The number of aromatic nitrogens is 2. The molecule has 7 nitrogen and oxygen atoms in total. The summed E-state index contributed by atoms with van der Waals surface area (Å²) >= 11 is 0. The van der Waals surface area contributed by atoms with Crippen LogP contribution in [0, 0.1) is 17.6 Å². The molecule has 186 valence electrons. The number of benzene rings is 2. The zero-order valence-corrected chi connectivity index (χ0v) is 20.1. The van der Waals surface area contributed by atoms with Crippen LogP contribution in [0.3, 0.4) is 0 Å². The molecule has 0 saturated carbocycles. The van der Waals surface area contributed by atoms with E-state index >= 15 is 0 Å². The standard InChI is InChI=1S/C26H31F2N5O2/c1-17(2)4-3-5-29-26(34)19-12-22(30-15-18-10-20(27)14-21(28)11-18)25-23(13-19)31-16-24(32-25)33-6-8-35-9-7-33/h10-14,16-17,30H,3-9,15H2,1-2H3,(H,29,34). The number of nitrogens with zero attached hydrogens (tertiary/aromatic N) is 3. The van der Waals surface area contributed by atoms with Crippen LogP contribution in [0.15, 0.2) is 36.5 Å². The monoisotopic (exact) mass is 483 g/mol. The first-order chi connectivity index (χ1) is 16.9. The highest BCUT2D eigenvalue weighted by Crippen LogP contribution is 2.26. The number of ether oxygens (including phenoxy) is 1. The van der Waals surface area contributed by atoms with Gasteiger partial charge in [-0.2, -0.15) is 0 Å². The fourth-order valence-electron chi connectivity index (χ4n) is 4.04. The van der Waals surface area contributed by atoms with Gasteiger partial charge in [0, 0.05) is 37.8 Å². The minimum Gasteiger partial charge on any atom is -0.379 e. The Morgan fingerprint density at radius 1 is 1.11 bits per heavy atom. The van der Waals surface area contributed by atoms with Crippen molar-refractivity contribution in [3.05, 3.63) is 59.3 Å². The summed E-state index contributed by atoms with van der Waals surface area (Å²) < 4.78 is 32.8. The molecule has 1 fully saturated rings. The molecule has 0 unspecified atom stereocenters. The molecule has 2 aromatic carbocycles. The summed E-state index contributed by atoms with van der Waals surface area (Å²) in [5, 5.41) is 6.17. The Balaban J connectivity index is 1.62. The number of amides is 1. The largest absolute Gasteiger partial charge is 0.379 e. The van der Waals surface area contributed by atoms with Crippen LogP contribution in [0.25, 0.3) is 11.0 Å². The van der Waals surface area contributed by atoms with Gasteiger partial charge in [0.25, 0.3) is 5.91 Å². The van der Waals surface area contributed by atoms with Crippen LogP contribution >= 0.6 is 0 Å². The van der Waals surface area contributed by atoms with Crippen LogP contribution in [0.1, 0.15) is 42.6 Å². The average molecular weight is 484 g/mol. The molecule has 2 N–H and O–H groups in total. The Labute approximate surface area is 203 Å². The smallest absolute Gasteiger partial charge is 0.251 e. The van der Waals surface area contributed by atoms with Crippen molar-refractivity contribution in [1.82, 2.24) is 15.3 Å². The Kier molecular flexibility index (Phi) is 8.07. The third kappa shape index (κ3) is 6.63. The Morgan fingerprint density at radius 3 is 2.57 bits per heavy atom. The molecule has 0 bridgehead atoms. The summed E-state index contributed by atoms with van der Waals surface area (Å²) in [6.45, 7) is 7.70. The van der Waals surface area contributed by atoms with Crippen molar-refractivity contribution in [1.29, 1.82) is 0 Å². The summed E-state index contributed by atoms with van der Waals surface area (Å²) in [6, 6.07) is 6.82. The summed E-state index contributed by atoms with van der Waals surface area (Å²) in [6.07, 6.45) is 3.63. The molecule has 1 aliphatic rings. The van der Waals surface area contributed by atoms with E-state index in [1.165, 1.54) is 12.1 Å². The van der Waals surface area contributed by atoms with E-state index in [0.717, 1.165) is 18.9 Å². The first kappa shape index (κ1) is 24.8. The van der Waals surface area contributed by atoms with Crippen molar-refractivity contribution in [2.75, 3.05) is 43.1 Å². The lowest BCUT2D eigenvalue weighted by atomic mass is 10.1. The fraction of sp³-hybridized carbons (Fsp3) is 0.423. The Morgan fingerprint density at radius 2 is 1.86 bits per heavy atom. The second kappa shape index (κ2) is 11.4. The van der Waals surface area contributed by atoms with E-state index in [1.807, 2.05) is 0 Å². The molecule has 0 atom stereocenters. The van der Waals surface area contributed by atoms with Crippen LogP contribution in [0.2, 0.25) is 0 Å². The van der Waals surface area contributed by atoms with Crippen LogP contribution in [-0.4, -0.2) is 48.7 Å². The molecule has 0 radical (unpaired) electrons. The van der Waals surface area contributed by atoms with Gasteiger partial charge in [0.1, 0.15) is 23.0 Å². The van der Waals surface area contributed by atoms with Gasteiger partial charge >= 0.3 is 0 Å². The molecule has 1 saturated heterocycles. The second-order valence-electron chi connectivity index (χ2n) is 9.14. The number of hydrogen-bond donors (Lipinski definition) is 2. The van der Waals surface area contributed by atoms with Crippen molar-refractivity contribution < 1.29 is 18.3 Å². The second-order valence-corrected chi connectivity index (χ2v) is 9.14. The highest BCUT2D eigenvalue weighted by Gasteiger charge is 2.17. The van der Waals surface area contributed by atoms with Crippen LogP contribution in [0.5, 0.6) is 0 Å². The van der Waals surface area contributed by atoms with E-state index in [2.05, 4.69) is 34.4 Å². The normalized spacial score (nSPS) is 13.9. The highest BCUT2D eigenvalue weighted by molar-refractivity contribution is 6.01. The van der Waals surface area contributed by atoms with Crippen LogP contribution in [-0.2, 0) is 11.3 Å². The lowest BCUT2D eigenvalue weighted by Gasteiger charge is -2.27. The maximum atomic E-state index is 13.7. The van der Waals surface area contributed by atoms with Crippen LogP contribution in [0.4, 0.5) is 20.3 Å². The maximum Gasteiger partial charge on any atom is 0.251 e. The lowest BCUT2D eigenvalue weighted by Crippen LogP contribution is -2.36. The number of fused-ring (bicyclic) bond motifs is 1. The number of hydrogen-bond acceptors (Lipinski definition) is 6. The van der Waals surface area contributed by atoms with E-state index in [-0.39, 0.29) is 12.5 Å². The van der Waals surface area contributed by atoms with Gasteiger partial charge in [0.05, 0.1) is 30.6 Å². The van der Waals surface area contributed by atoms with Gasteiger partial charge in [0.2, 0.25) is 0 Å².